The Morgan fingerprint density at radius 2 is 1.17 bits per heavy atom. The van der Waals surface area contributed by atoms with Crippen LogP contribution in [0.2, 0.25) is 0 Å². The lowest BCUT2D eigenvalue weighted by Crippen LogP contribution is -2.15. The molecule has 47 heavy (non-hydrogen) atoms. The van der Waals surface area contributed by atoms with E-state index < -0.39 is 0 Å². The van der Waals surface area contributed by atoms with Crippen molar-refractivity contribution in [1.29, 1.82) is 0 Å². The predicted molar refractivity (Wildman–Crippen MR) is 193 cm³/mol. The van der Waals surface area contributed by atoms with Gasteiger partial charge < -0.3 is 4.42 Å². The molecule has 2 aliphatic carbocycles. The number of nitrogens with zero attached hydrogens (tertiary/aromatic N) is 2. The first-order valence-electron chi connectivity index (χ1n) is 16.4. The molecule has 0 saturated heterocycles. The summed E-state index contributed by atoms with van der Waals surface area (Å²) in [4.78, 5) is 10.7. The maximum Gasteiger partial charge on any atom is 0.161 e. The highest BCUT2D eigenvalue weighted by molar-refractivity contribution is 6.14. The highest BCUT2D eigenvalue weighted by atomic mass is 16.3. The molecular weight excluding hydrogens is 572 g/mol. The molecule has 6 aromatic carbocycles. The van der Waals surface area contributed by atoms with Gasteiger partial charge in [-0.1, -0.05) is 125 Å². The van der Waals surface area contributed by atoms with Crippen LogP contribution in [0.25, 0.3) is 77.7 Å². The summed E-state index contributed by atoms with van der Waals surface area (Å²) in [6.07, 6.45) is 0. The Morgan fingerprint density at radius 3 is 2.00 bits per heavy atom. The van der Waals surface area contributed by atoms with Crippen LogP contribution in [0.15, 0.2) is 126 Å². The monoisotopic (exact) mass is 604 g/mol. The van der Waals surface area contributed by atoms with Gasteiger partial charge in [0.1, 0.15) is 11.2 Å². The average Bonchev–Trinajstić information content (AvgIpc) is 3.67. The van der Waals surface area contributed by atoms with Crippen molar-refractivity contribution in [2.24, 2.45) is 0 Å². The molecule has 8 aromatic rings. The molecule has 0 saturated carbocycles. The van der Waals surface area contributed by atoms with Crippen LogP contribution in [0, 0.1) is 0 Å². The molecule has 0 atom stereocenters. The number of aromatic nitrogens is 2. The van der Waals surface area contributed by atoms with Crippen LogP contribution in [0.3, 0.4) is 0 Å². The van der Waals surface area contributed by atoms with E-state index in [0.717, 1.165) is 44.3 Å². The number of hydrogen-bond acceptors (Lipinski definition) is 3. The van der Waals surface area contributed by atoms with Gasteiger partial charge in [0.15, 0.2) is 5.82 Å². The van der Waals surface area contributed by atoms with Crippen LogP contribution in [0.1, 0.15) is 49.9 Å². The van der Waals surface area contributed by atoms with E-state index in [1.807, 2.05) is 6.07 Å². The Labute approximate surface area is 273 Å². The number of para-hydroxylation sites is 2. The van der Waals surface area contributed by atoms with E-state index in [1.54, 1.807) is 0 Å². The van der Waals surface area contributed by atoms with Gasteiger partial charge in [-0.05, 0) is 68.8 Å². The first-order chi connectivity index (χ1) is 22.8. The molecule has 2 aliphatic rings. The fraction of sp³-hybridized carbons (Fsp3) is 0.136. The van der Waals surface area contributed by atoms with E-state index >= 15 is 0 Å². The first kappa shape index (κ1) is 26.7. The summed E-state index contributed by atoms with van der Waals surface area (Å²) in [6.45, 7) is 9.32. The van der Waals surface area contributed by atoms with Crippen LogP contribution in [-0.4, -0.2) is 9.97 Å². The smallest absolute Gasteiger partial charge is 0.161 e. The maximum atomic E-state index is 6.58. The number of furan rings is 1. The minimum atomic E-state index is -0.229. The molecule has 0 aliphatic heterocycles. The summed E-state index contributed by atoms with van der Waals surface area (Å²) in [7, 11) is 0. The summed E-state index contributed by atoms with van der Waals surface area (Å²) >= 11 is 0. The third kappa shape index (κ3) is 3.46. The van der Waals surface area contributed by atoms with E-state index in [1.165, 1.54) is 49.9 Å². The van der Waals surface area contributed by atoms with Gasteiger partial charge in [0, 0.05) is 38.1 Å². The number of rotatable bonds is 2. The van der Waals surface area contributed by atoms with Gasteiger partial charge in [-0.2, -0.15) is 0 Å². The second-order valence-electron chi connectivity index (χ2n) is 14.2. The van der Waals surface area contributed by atoms with Crippen molar-refractivity contribution >= 4 is 32.8 Å². The SMILES string of the molecule is CC1(C)c2ccccc2-c2ccc(-c3nc(-c4cc5oc6ccccc6c5c5c4-c4ccccc4C5(C)C)nc4ccccc34)cc21. The average molecular weight is 605 g/mol. The molecule has 2 aromatic heterocycles. The molecule has 3 nitrogen and oxygen atoms in total. The molecule has 224 valence electrons. The van der Waals surface area contributed by atoms with Gasteiger partial charge in [-0.25, -0.2) is 9.97 Å². The van der Waals surface area contributed by atoms with Crippen molar-refractivity contribution in [3.63, 3.8) is 0 Å². The number of fused-ring (bicyclic) bond motifs is 11. The molecule has 0 bridgehead atoms. The summed E-state index contributed by atoms with van der Waals surface area (Å²) in [6, 6.07) is 43.5. The lowest BCUT2D eigenvalue weighted by atomic mass is 9.80. The molecule has 3 heteroatoms. The van der Waals surface area contributed by atoms with Crippen molar-refractivity contribution in [3.05, 3.63) is 144 Å². The lowest BCUT2D eigenvalue weighted by molar-refractivity contribution is 0.657. The van der Waals surface area contributed by atoms with Crippen molar-refractivity contribution < 1.29 is 4.42 Å². The highest BCUT2D eigenvalue weighted by Crippen LogP contribution is 2.56. The molecular formula is C44H32N2O. The third-order valence-electron chi connectivity index (χ3n) is 10.9. The van der Waals surface area contributed by atoms with Crippen molar-refractivity contribution in [2.45, 2.75) is 38.5 Å². The molecule has 0 amide bonds. The van der Waals surface area contributed by atoms with Crippen molar-refractivity contribution in [1.82, 2.24) is 9.97 Å². The summed E-state index contributed by atoms with van der Waals surface area (Å²) in [5, 5.41) is 3.38. The minimum Gasteiger partial charge on any atom is -0.456 e. The minimum absolute atomic E-state index is 0.101. The zero-order valence-corrected chi connectivity index (χ0v) is 26.8. The summed E-state index contributed by atoms with van der Waals surface area (Å²) in [5.74, 6) is 0.716. The van der Waals surface area contributed by atoms with Crippen LogP contribution in [0.5, 0.6) is 0 Å². The van der Waals surface area contributed by atoms with Crippen LogP contribution >= 0.6 is 0 Å². The number of benzene rings is 6. The Morgan fingerprint density at radius 1 is 0.511 bits per heavy atom. The van der Waals surface area contributed by atoms with E-state index in [9.17, 15) is 0 Å². The zero-order valence-electron chi connectivity index (χ0n) is 26.8. The maximum absolute atomic E-state index is 6.58. The van der Waals surface area contributed by atoms with Crippen LogP contribution < -0.4 is 0 Å². The standard InChI is InChI=1S/C44H32N2O/c1-43(2)32-17-9-5-13-26(32)27-22-21-25(23-34(27)43)41-29-15-7-11-19-35(29)45-42(46-41)31-24-37-39(30-16-8-12-20-36(30)47-37)40-38(31)28-14-6-10-18-33(28)44(40,3)4/h5-24H,1-4H3. The Kier molecular flexibility index (Phi) is 5.13. The molecule has 0 N–H and O–H groups in total. The first-order valence-corrected chi connectivity index (χ1v) is 16.4. The predicted octanol–water partition coefficient (Wildman–Crippen LogP) is 11.5. The topological polar surface area (TPSA) is 38.9 Å². The van der Waals surface area contributed by atoms with Gasteiger partial charge in [0.05, 0.1) is 11.2 Å². The third-order valence-corrected chi connectivity index (χ3v) is 10.9. The van der Waals surface area contributed by atoms with E-state index in [0.29, 0.717) is 5.82 Å². The van der Waals surface area contributed by atoms with Gasteiger partial charge >= 0.3 is 0 Å². The van der Waals surface area contributed by atoms with Gasteiger partial charge in [0.25, 0.3) is 0 Å². The largest absolute Gasteiger partial charge is 0.456 e. The fourth-order valence-electron chi connectivity index (χ4n) is 8.62. The fourth-order valence-corrected chi connectivity index (χ4v) is 8.62. The Bertz CT molecular complexity index is 2640. The normalized spacial score (nSPS) is 15.1. The molecule has 0 radical (unpaired) electrons. The highest BCUT2D eigenvalue weighted by Gasteiger charge is 2.40. The van der Waals surface area contributed by atoms with Crippen molar-refractivity contribution in [3.8, 4) is 44.9 Å². The quantitative estimate of drug-likeness (QED) is 0.197. The number of hydrogen-bond donors (Lipinski definition) is 0. The lowest BCUT2D eigenvalue weighted by Gasteiger charge is -2.23. The van der Waals surface area contributed by atoms with E-state index in [2.05, 4.69) is 143 Å². The summed E-state index contributed by atoms with van der Waals surface area (Å²) in [5.41, 5.74) is 15.8. The van der Waals surface area contributed by atoms with Gasteiger partial charge in [-0.3, -0.25) is 0 Å². The van der Waals surface area contributed by atoms with Crippen molar-refractivity contribution in [2.75, 3.05) is 0 Å². The second kappa shape index (κ2) is 9.04. The summed E-state index contributed by atoms with van der Waals surface area (Å²) < 4.78 is 6.58. The molecule has 2 heterocycles. The molecule has 0 fully saturated rings. The molecule has 0 unspecified atom stereocenters. The Balaban J connectivity index is 1.28. The second-order valence-corrected chi connectivity index (χ2v) is 14.2. The van der Waals surface area contributed by atoms with E-state index in [4.69, 9.17) is 14.4 Å². The van der Waals surface area contributed by atoms with Gasteiger partial charge in [-0.15, -0.1) is 0 Å². The zero-order chi connectivity index (χ0) is 31.7. The van der Waals surface area contributed by atoms with E-state index in [-0.39, 0.29) is 10.8 Å². The Hall–Kier alpha value is -5.54. The van der Waals surface area contributed by atoms with Gasteiger partial charge in [0.2, 0.25) is 0 Å². The van der Waals surface area contributed by atoms with Crippen LogP contribution in [0.4, 0.5) is 0 Å². The van der Waals surface area contributed by atoms with Crippen LogP contribution in [-0.2, 0) is 10.8 Å². The molecule has 10 rings (SSSR count). The molecule has 0 spiro atoms.